The maximum Gasteiger partial charge on any atom is 0.118 e. The van der Waals surface area contributed by atoms with Crippen molar-refractivity contribution in [3.05, 3.63) is 35.4 Å². The third kappa shape index (κ3) is 2.36. The fraction of sp³-hybridized carbons (Fsp3) is 0.182. The molecule has 0 aliphatic rings. The highest BCUT2D eigenvalue weighted by atomic mass is 14.8. The van der Waals surface area contributed by atoms with Gasteiger partial charge in [0.2, 0.25) is 0 Å². The summed E-state index contributed by atoms with van der Waals surface area (Å²) >= 11 is 0. The van der Waals surface area contributed by atoms with Crippen LogP contribution in [0.2, 0.25) is 0 Å². The van der Waals surface area contributed by atoms with E-state index >= 15 is 0 Å². The molecule has 0 atom stereocenters. The van der Waals surface area contributed by atoms with Gasteiger partial charge in [0.25, 0.3) is 0 Å². The molecule has 0 saturated carbocycles. The lowest BCUT2D eigenvalue weighted by Gasteiger charge is -2.03. The minimum atomic E-state index is 0.215. The van der Waals surface area contributed by atoms with Gasteiger partial charge in [-0.1, -0.05) is 24.3 Å². The maximum absolute atomic E-state index is 7.26. The minimum Gasteiger partial charge on any atom is -0.306 e. The van der Waals surface area contributed by atoms with E-state index in [0.29, 0.717) is 5.71 Å². The van der Waals surface area contributed by atoms with E-state index in [1.807, 2.05) is 31.2 Å². The molecule has 1 aromatic carbocycles. The van der Waals surface area contributed by atoms with Crippen LogP contribution in [0.5, 0.6) is 0 Å². The average molecular weight is 187 g/mol. The summed E-state index contributed by atoms with van der Waals surface area (Å²) in [5.74, 6) is 0.215. The standard InChI is InChI=1S/C11H13N3/c1-8-5-3-4-6-10(8)11(7-12)14-9(2)13/h3-7,12-13H,1-2H3. The van der Waals surface area contributed by atoms with Gasteiger partial charge in [0, 0.05) is 11.8 Å². The highest BCUT2D eigenvalue weighted by molar-refractivity contribution is 6.39. The van der Waals surface area contributed by atoms with Gasteiger partial charge in [-0.25, -0.2) is 4.99 Å². The van der Waals surface area contributed by atoms with Gasteiger partial charge in [-0.2, -0.15) is 0 Å². The van der Waals surface area contributed by atoms with Crippen molar-refractivity contribution in [2.24, 2.45) is 4.99 Å². The molecule has 14 heavy (non-hydrogen) atoms. The van der Waals surface area contributed by atoms with E-state index in [1.165, 1.54) is 6.21 Å². The zero-order chi connectivity index (χ0) is 10.6. The molecule has 0 bridgehead atoms. The molecular formula is C11H13N3. The number of rotatable bonds is 2. The fourth-order valence-corrected chi connectivity index (χ4v) is 1.21. The molecule has 1 rings (SSSR count). The summed E-state index contributed by atoms with van der Waals surface area (Å²) in [5, 5.41) is 14.5. The normalized spacial score (nSPS) is 11.1. The Balaban J connectivity index is 3.20. The number of nitrogens with one attached hydrogen (secondary N) is 2. The smallest absolute Gasteiger partial charge is 0.118 e. The number of aliphatic imine (C=N–C) groups is 1. The molecule has 3 nitrogen and oxygen atoms in total. The molecule has 0 saturated heterocycles. The number of aryl methyl sites for hydroxylation is 1. The van der Waals surface area contributed by atoms with Crippen molar-refractivity contribution >= 4 is 17.8 Å². The minimum absolute atomic E-state index is 0.215. The molecule has 0 spiro atoms. The van der Waals surface area contributed by atoms with E-state index < -0.39 is 0 Å². The Hall–Kier alpha value is -1.77. The first kappa shape index (κ1) is 10.3. The van der Waals surface area contributed by atoms with E-state index in [9.17, 15) is 0 Å². The van der Waals surface area contributed by atoms with Crippen LogP contribution in [-0.2, 0) is 0 Å². The van der Waals surface area contributed by atoms with Gasteiger partial charge < -0.3 is 5.41 Å². The Kier molecular flexibility index (Phi) is 3.29. The number of hydrogen-bond acceptors (Lipinski definition) is 2. The fourth-order valence-electron chi connectivity index (χ4n) is 1.21. The topological polar surface area (TPSA) is 60.1 Å². The van der Waals surface area contributed by atoms with Crippen LogP contribution >= 0.6 is 0 Å². The molecule has 0 unspecified atom stereocenters. The van der Waals surface area contributed by atoms with Gasteiger partial charge in [0.15, 0.2) is 0 Å². The van der Waals surface area contributed by atoms with Crippen molar-refractivity contribution in [2.75, 3.05) is 0 Å². The lowest BCUT2D eigenvalue weighted by molar-refractivity contribution is 1.39. The molecule has 0 amide bonds. The first-order valence-electron chi connectivity index (χ1n) is 4.35. The van der Waals surface area contributed by atoms with Crippen molar-refractivity contribution in [2.45, 2.75) is 13.8 Å². The lowest BCUT2D eigenvalue weighted by Crippen LogP contribution is -2.06. The van der Waals surface area contributed by atoms with Gasteiger partial charge in [0.1, 0.15) is 5.84 Å². The van der Waals surface area contributed by atoms with Crippen molar-refractivity contribution < 1.29 is 0 Å². The van der Waals surface area contributed by atoms with Crippen LogP contribution in [0.15, 0.2) is 29.3 Å². The molecule has 1 aromatic rings. The van der Waals surface area contributed by atoms with Gasteiger partial charge in [-0.05, 0) is 19.4 Å². The zero-order valence-corrected chi connectivity index (χ0v) is 8.33. The Morgan fingerprint density at radius 2 is 2.00 bits per heavy atom. The van der Waals surface area contributed by atoms with Crippen LogP contribution in [0.25, 0.3) is 0 Å². The highest BCUT2D eigenvalue weighted by Crippen LogP contribution is 2.07. The SMILES string of the molecule is CC(=N)N=C(C=N)c1ccccc1C. The van der Waals surface area contributed by atoms with Crippen molar-refractivity contribution in [3.63, 3.8) is 0 Å². The second kappa shape index (κ2) is 4.46. The summed E-state index contributed by atoms with van der Waals surface area (Å²) in [7, 11) is 0. The van der Waals surface area contributed by atoms with E-state index in [1.54, 1.807) is 6.92 Å². The Labute approximate surface area is 83.5 Å². The van der Waals surface area contributed by atoms with Crippen LogP contribution in [0.4, 0.5) is 0 Å². The Morgan fingerprint density at radius 1 is 1.36 bits per heavy atom. The van der Waals surface area contributed by atoms with Gasteiger partial charge in [-0.15, -0.1) is 0 Å². The summed E-state index contributed by atoms with van der Waals surface area (Å²) in [5.41, 5.74) is 2.51. The summed E-state index contributed by atoms with van der Waals surface area (Å²) < 4.78 is 0. The predicted octanol–water partition coefficient (Wildman–Crippen LogP) is 2.43. The second-order valence-electron chi connectivity index (χ2n) is 3.04. The largest absolute Gasteiger partial charge is 0.306 e. The maximum atomic E-state index is 7.26. The van der Waals surface area contributed by atoms with Gasteiger partial charge >= 0.3 is 0 Å². The Bertz CT molecular complexity index is 391. The molecule has 0 aromatic heterocycles. The summed E-state index contributed by atoms with van der Waals surface area (Å²) in [4.78, 5) is 3.98. The van der Waals surface area contributed by atoms with Crippen molar-refractivity contribution in [3.8, 4) is 0 Å². The third-order valence-corrected chi connectivity index (χ3v) is 1.85. The first-order chi connectivity index (χ1) is 6.65. The van der Waals surface area contributed by atoms with Crippen LogP contribution in [-0.4, -0.2) is 17.8 Å². The van der Waals surface area contributed by atoms with E-state index in [2.05, 4.69) is 4.99 Å². The average Bonchev–Trinajstić information content (AvgIpc) is 2.15. The quantitative estimate of drug-likeness (QED) is 0.527. The molecule has 0 heterocycles. The molecule has 72 valence electrons. The molecule has 0 fully saturated rings. The summed E-state index contributed by atoms with van der Waals surface area (Å²) in [6.45, 7) is 3.56. The summed E-state index contributed by atoms with van der Waals surface area (Å²) in [6, 6.07) is 7.72. The van der Waals surface area contributed by atoms with Crippen LogP contribution in [0.1, 0.15) is 18.1 Å². The third-order valence-electron chi connectivity index (χ3n) is 1.85. The second-order valence-corrected chi connectivity index (χ2v) is 3.04. The molecule has 0 radical (unpaired) electrons. The van der Waals surface area contributed by atoms with Crippen molar-refractivity contribution in [1.29, 1.82) is 10.8 Å². The van der Waals surface area contributed by atoms with Gasteiger partial charge in [-0.3, -0.25) is 5.41 Å². The zero-order valence-electron chi connectivity index (χ0n) is 8.33. The van der Waals surface area contributed by atoms with E-state index in [4.69, 9.17) is 10.8 Å². The van der Waals surface area contributed by atoms with Crippen LogP contribution < -0.4 is 0 Å². The summed E-state index contributed by atoms with van der Waals surface area (Å²) in [6.07, 6.45) is 1.18. The lowest BCUT2D eigenvalue weighted by atomic mass is 10.1. The molecule has 0 aliphatic heterocycles. The highest BCUT2D eigenvalue weighted by Gasteiger charge is 2.02. The first-order valence-corrected chi connectivity index (χ1v) is 4.35. The number of nitrogens with zero attached hydrogens (tertiary/aromatic N) is 1. The monoisotopic (exact) mass is 187 g/mol. The van der Waals surface area contributed by atoms with E-state index in [-0.39, 0.29) is 5.84 Å². The van der Waals surface area contributed by atoms with Gasteiger partial charge in [0.05, 0.1) is 5.71 Å². The molecule has 2 N–H and O–H groups in total. The van der Waals surface area contributed by atoms with Crippen LogP contribution in [0.3, 0.4) is 0 Å². The molecular weight excluding hydrogens is 174 g/mol. The molecule has 0 aliphatic carbocycles. The number of hydrogen-bond donors (Lipinski definition) is 2. The van der Waals surface area contributed by atoms with Crippen molar-refractivity contribution in [1.82, 2.24) is 0 Å². The predicted molar refractivity (Wildman–Crippen MR) is 59.9 cm³/mol. The number of benzene rings is 1. The van der Waals surface area contributed by atoms with E-state index in [0.717, 1.165) is 11.1 Å². The number of amidine groups is 1. The Morgan fingerprint density at radius 3 is 2.50 bits per heavy atom. The van der Waals surface area contributed by atoms with Crippen LogP contribution in [0, 0.1) is 17.7 Å². The molecule has 3 heteroatoms.